The van der Waals surface area contributed by atoms with Gasteiger partial charge in [0.1, 0.15) is 17.2 Å². The fourth-order valence-electron chi connectivity index (χ4n) is 3.27. The van der Waals surface area contributed by atoms with Crippen molar-refractivity contribution in [2.24, 2.45) is 7.05 Å². The minimum atomic E-state index is 0.610. The smallest absolute Gasteiger partial charge is 0.138 e. The molecule has 2 aromatic carbocycles. The molecule has 0 aliphatic heterocycles. The van der Waals surface area contributed by atoms with Crippen molar-refractivity contribution in [1.82, 2.24) is 29.7 Å². The van der Waals surface area contributed by atoms with Crippen molar-refractivity contribution in [3.63, 3.8) is 0 Å². The van der Waals surface area contributed by atoms with Gasteiger partial charge in [-0.15, -0.1) is 0 Å². The Morgan fingerprint density at radius 1 is 0.931 bits per heavy atom. The van der Waals surface area contributed by atoms with Crippen molar-refractivity contribution < 1.29 is 0 Å². The van der Waals surface area contributed by atoms with Gasteiger partial charge in [-0.2, -0.15) is 10.4 Å². The van der Waals surface area contributed by atoms with Gasteiger partial charge in [0.05, 0.1) is 28.4 Å². The van der Waals surface area contributed by atoms with Crippen LogP contribution in [0.3, 0.4) is 0 Å². The van der Waals surface area contributed by atoms with Crippen LogP contribution in [0.15, 0.2) is 67.1 Å². The number of aromatic amines is 1. The molecular formula is C22H15N7. The van der Waals surface area contributed by atoms with Crippen molar-refractivity contribution in [1.29, 1.82) is 5.26 Å². The SMILES string of the molecule is Cn1ccc(-c2nc(-c3ccc(C#N)cc3)[nH]c2-c2ccc3nccnc3c2)n1. The summed E-state index contributed by atoms with van der Waals surface area (Å²) in [5.41, 5.74) is 6.49. The lowest BCUT2D eigenvalue weighted by atomic mass is 10.1. The summed E-state index contributed by atoms with van der Waals surface area (Å²) in [5, 5.41) is 13.6. The Morgan fingerprint density at radius 2 is 1.69 bits per heavy atom. The number of benzene rings is 2. The van der Waals surface area contributed by atoms with Gasteiger partial charge in [0.25, 0.3) is 0 Å². The average molecular weight is 377 g/mol. The van der Waals surface area contributed by atoms with E-state index in [1.165, 1.54) is 0 Å². The molecule has 5 aromatic rings. The van der Waals surface area contributed by atoms with Crippen LogP contribution in [0.4, 0.5) is 0 Å². The number of nitriles is 1. The molecule has 0 atom stereocenters. The average Bonchev–Trinajstić information content (AvgIpc) is 3.40. The zero-order valence-electron chi connectivity index (χ0n) is 15.5. The molecule has 0 amide bonds. The van der Waals surface area contributed by atoms with E-state index in [9.17, 15) is 0 Å². The summed E-state index contributed by atoms with van der Waals surface area (Å²) in [7, 11) is 1.88. The second-order valence-electron chi connectivity index (χ2n) is 6.63. The fourth-order valence-corrected chi connectivity index (χ4v) is 3.27. The zero-order chi connectivity index (χ0) is 19.8. The molecule has 3 heterocycles. The topological polar surface area (TPSA) is 96.1 Å². The van der Waals surface area contributed by atoms with Crippen LogP contribution in [0.1, 0.15) is 5.56 Å². The summed E-state index contributed by atoms with van der Waals surface area (Å²) in [6.45, 7) is 0. The number of nitrogens with zero attached hydrogens (tertiary/aromatic N) is 6. The number of hydrogen-bond acceptors (Lipinski definition) is 5. The third kappa shape index (κ3) is 3.03. The number of hydrogen-bond donors (Lipinski definition) is 1. The van der Waals surface area contributed by atoms with E-state index >= 15 is 0 Å². The molecule has 3 aromatic heterocycles. The molecule has 7 nitrogen and oxygen atoms in total. The van der Waals surface area contributed by atoms with Crippen LogP contribution in [-0.4, -0.2) is 29.7 Å². The lowest BCUT2D eigenvalue weighted by molar-refractivity contribution is 0.770. The predicted molar refractivity (Wildman–Crippen MR) is 109 cm³/mol. The predicted octanol–water partition coefficient (Wildman–Crippen LogP) is 3.96. The van der Waals surface area contributed by atoms with Crippen LogP contribution in [0.2, 0.25) is 0 Å². The van der Waals surface area contributed by atoms with E-state index < -0.39 is 0 Å². The Labute approximate surface area is 166 Å². The van der Waals surface area contributed by atoms with Crippen molar-refractivity contribution in [2.45, 2.75) is 0 Å². The lowest BCUT2D eigenvalue weighted by Crippen LogP contribution is -1.90. The van der Waals surface area contributed by atoms with Crippen molar-refractivity contribution in [3.05, 3.63) is 72.7 Å². The monoisotopic (exact) mass is 377 g/mol. The van der Waals surface area contributed by atoms with E-state index in [0.717, 1.165) is 39.2 Å². The highest BCUT2D eigenvalue weighted by Gasteiger charge is 2.17. The molecule has 0 radical (unpaired) electrons. The molecule has 0 aliphatic rings. The van der Waals surface area contributed by atoms with Crippen LogP contribution >= 0.6 is 0 Å². The highest BCUT2D eigenvalue weighted by molar-refractivity contribution is 5.85. The van der Waals surface area contributed by atoms with Crippen LogP contribution in [0.5, 0.6) is 0 Å². The molecule has 0 aliphatic carbocycles. The van der Waals surface area contributed by atoms with E-state index in [2.05, 4.69) is 26.1 Å². The number of aryl methyl sites for hydroxylation is 1. The molecule has 0 bridgehead atoms. The van der Waals surface area contributed by atoms with Gasteiger partial charge in [0.15, 0.2) is 0 Å². The van der Waals surface area contributed by atoms with Gasteiger partial charge >= 0.3 is 0 Å². The Hall–Kier alpha value is -4.31. The van der Waals surface area contributed by atoms with Gasteiger partial charge < -0.3 is 4.98 Å². The van der Waals surface area contributed by atoms with Gasteiger partial charge in [0, 0.05) is 36.8 Å². The first-order valence-corrected chi connectivity index (χ1v) is 9.03. The van der Waals surface area contributed by atoms with Gasteiger partial charge in [-0.3, -0.25) is 14.6 Å². The highest BCUT2D eigenvalue weighted by Crippen LogP contribution is 2.33. The Morgan fingerprint density at radius 3 is 2.41 bits per heavy atom. The van der Waals surface area contributed by atoms with E-state index in [1.54, 1.807) is 29.2 Å². The summed E-state index contributed by atoms with van der Waals surface area (Å²) >= 11 is 0. The normalized spacial score (nSPS) is 10.9. The summed E-state index contributed by atoms with van der Waals surface area (Å²) in [6, 6.07) is 17.3. The van der Waals surface area contributed by atoms with Crippen molar-refractivity contribution >= 4 is 11.0 Å². The molecule has 0 fully saturated rings. The molecule has 0 saturated carbocycles. The molecule has 0 unspecified atom stereocenters. The molecule has 29 heavy (non-hydrogen) atoms. The zero-order valence-corrected chi connectivity index (χ0v) is 15.5. The minimum absolute atomic E-state index is 0.610. The largest absolute Gasteiger partial charge is 0.337 e. The van der Waals surface area contributed by atoms with Gasteiger partial charge in [-0.25, -0.2) is 4.98 Å². The highest BCUT2D eigenvalue weighted by atomic mass is 15.3. The van der Waals surface area contributed by atoms with Crippen LogP contribution in [0.25, 0.3) is 45.1 Å². The van der Waals surface area contributed by atoms with Crippen molar-refractivity contribution in [2.75, 3.05) is 0 Å². The summed E-state index contributed by atoms with van der Waals surface area (Å²) in [5.74, 6) is 0.712. The third-order valence-electron chi connectivity index (χ3n) is 4.71. The first-order valence-electron chi connectivity index (χ1n) is 9.03. The number of imidazole rings is 1. The Kier molecular flexibility index (Phi) is 3.88. The molecule has 138 valence electrons. The molecule has 7 heteroatoms. The van der Waals surface area contributed by atoms with Gasteiger partial charge in [0.2, 0.25) is 0 Å². The van der Waals surface area contributed by atoms with Gasteiger partial charge in [-0.1, -0.05) is 6.07 Å². The number of H-pyrrole nitrogens is 1. The van der Waals surface area contributed by atoms with Crippen LogP contribution in [0, 0.1) is 11.3 Å². The molecular weight excluding hydrogens is 362 g/mol. The Bertz CT molecular complexity index is 1370. The second-order valence-corrected chi connectivity index (χ2v) is 6.63. The minimum Gasteiger partial charge on any atom is -0.337 e. The van der Waals surface area contributed by atoms with Crippen molar-refractivity contribution in [3.8, 4) is 40.1 Å². The number of nitrogens with one attached hydrogen (secondary N) is 1. The number of fused-ring (bicyclic) bond motifs is 1. The molecule has 1 N–H and O–H groups in total. The van der Waals surface area contributed by atoms with E-state index in [0.29, 0.717) is 11.4 Å². The lowest BCUT2D eigenvalue weighted by Gasteiger charge is -2.03. The summed E-state index contributed by atoms with van der Waals surface area (Å²) < 4.78 is 1.75. The fraction of sp³-hybridized carbons (Fsp3) is 0.0455. The molecule has 0 spiro atoms. The first kappa shape index (κ1) is 16.8. The molecule has 0 saturated heterocycles. The van der Waals surface area contributed by atoms with Crippen LogP contribution < -0.4 is 0 Å². The summed E-state index contributed by atoms with van der Waals surface area (Å²) in [6.07, 6.45) is 5.25. The first-order chi connectivity index (χ1) is 14.2. The number of aromatic nitrogens is 6. The maximum atomic E-state index is 9.04. The Balaban J connectivity index is 1.69. The third-order valence-corrected chi connectivity index (χ3v) is 4.71. The van der Waals surface area contributed by atoms with Gasteiger partial charge in [-0.05, 0) is 42.5 Å². The van der Waals surface area contributed by atoms with Crippen LogP contribution in [-0.2, 0) is 7.05 Å². The second kappa shape index (κ2) is 6.69. The standard InChI is InChI=1S/C22H15N7/c1-29-11-8-18(28-29)21-20(16-6-7-17-19(12-16)25-10-9-24-17)26-22(27-21)15-4-2-14(13-23)3-5-15/h2-12H,1H3,(H,26,27). The summed E-state index contributed by atoms with van der Waals surface area (Å²) in [4.78, 5) is 17.0. The quantitative estimate of drug-likeness (QED) is 0.513. The van der Waals surface area contributed by atoms with E-state index in [1.807, 2.05) is 49.6 Å². The maximum Gasteiger partial charge on any atom is 0.138 e. The van der Waals surface area contributed by atoms with E-state index in [4.69, 9.17) is 10.2 Å². The van der Waals surface area contributed by atoms with E-state index in [-0.39, 0.29) is 0 Å². The molecule has 5 rings (SSSR count). The maximum absolute atomic E-state index is 9.04. The number of rotatable bonds is 3.